The first-order valence-electron chi connectivity index (χ1n) is 10.5. The lowest BCUT2D eigenvalue weighted by Crippen LogP contribution is -2.28. The van der Waals surface area contributed by atoms with Crippen LogP contribution in [0.25, 0.3) is 0 Å². The molecule has 7 nitrogen and oxygen atoms in total. The monoisotopic (exact) mass is 441 g/mol. The van der Waals surface area contributed by atoms with Crippen LogP contribution in [0.15, 0.2) is 42.5 Å². The molecule has 0 unspecified atom stereocenters. The van der Waals surface area contributed by atoms with Gasteiger partial charge in [0.05, 0.1) is 7.11 Å². The highest BCUT2D eigenvalue weighted by Gasteiger charge is 2.19. The Balaban J connectivity index is 1.30. The molecule has 168 valence electrons. The van der Waals surface area contributed by atoms with E-state index in [1.165, 1.54) is 6.07 Å². The van der Waals surface area contributed by atoms with Gasteiger partial charge in [0.15, 0.2) is 11.6 Å². The molecule has 0 fully saturated rings. The van der Waals surface area contributed by atoms with Crippen molar-refractivity contribution in [1.82, 2.24) is 25.0 Å². The summed E-state index contributed by atoms with van der Waals surface area (Å²) in [6.45, 7) is 3.19. The lowest BCUT2D eigenvalue weighted by atomic mass is 10.2. The van der Waals surface area contributed by atoms with Gasteiger partial charge in [0, 0.05) is 51.1 Å². The summed E-state index contributed by atoms with van der Waals surface area (Å²) in [5.74, 6) is 0.610. The second kappa shape index (κ2) is 9.86. The molecule has 2 aromatic carbocycles. The molecule has 3 aromatic rings. The zero-order valence-electron chi connectivity index (χ0n) is 17.9. The maximum atomic E-state index is 13.5. The van der Waals surface area contributed by atoms with E-state index in [2.05, 4.69) is 25.0 Å². The van der Waals surface area contributed by atoms with Crippen LogP contribution in [0.1, 0.15) is 27.6 Å². The zero-order valence-corrected chi connectivity index (χ0v) is 17.9. The zero-order chi connectivity index (χ0) is 22.5. The van der Waals surface area contributed by atoms with Gasteiger partial charge in [-0.05, 0) is 42.0 Å². The molecule has 0 atom stereocenters. The van der Waals surface area contributed by atoms with E-state index in [-0.39, 0.29) is 5.91 Å². The number of benzene rings is 2. The highest BCUT2D eigenvalue weighted by atomic mass is 19.2. The van der Waals surface area contributed by atoms with Crippen LogP contribution < -0.4 is 10.1 Å². The van der Waals surface area contributed by atoms with Gasteiger partial charge in [-0.15, -0.1) is 10.2 Å². The molecule has 0 bridgehead atoms. The van der Waals surface area contributed by atoms with Crippen molar-refractivity contribution < 1.29 is 18.3 Å². The molecular weight excluding hydrogens is 416 g/mol. The minimum absolute atomic E-state index is 0.152. The maximum absolute atomic E-state index is 13.5. The van der Waals surface area contributed by atoms with Crippen molar-refractivity contribution >= 4 is 5.91 Å². The molecule has 0 spiro atoms. The van der Waals surface area contributed by atoms with Crippen molar-refractivity contribution in [2.24, 2.45) is 0 Å². The topological polar surface area (TPSA) is 72.3 Å². The first-order chi connectivity index (χ1) is 15.5. The molecule has 4 rings (SSSR count). The Kier molecular flexibility index (Phi) is 6.75. The summed E-state index contributed by atoms with van der Waals surface area (Å²) in [6.07, 6.45) is 1.28. The standard InChI is InChI=1S/C23H25F2N5O2/c1-32-18-5-3-17(4-6-18)23(31)26-10-8-21-27-28-22-9-11-29(12-13-30(21)22)15-16-2-7-19(24)20(25)14-16/h2-7,14H,8-13,15H2,1H3,(H,26,31). The molecule has 0 saturated heterocycles. The number of aromatic nitrogens is 3. The van der Waals surface area contributed by atoms with Crippen LogP contribution in [0.3, 0.4) is 0 Å². The Bertz CT molecular complexity index is 1080. The molecule has 0 aliphatic carbocycles. The third kappa shape index (κ3) is 5.11. The van der Waals surface area contributed by atoms with Crippen LogP contribution in [0, 0.1) is 11.6 Å². The number of rotatable bonds is 7. The van der Waals surface area contributed by atoms with Crippen molar-refractivity contribution in [3.8, 4) is 5.75 Å². The van der Waals surface area contributed by atoms with Gasteiger partial charge >= 0.3 is 0 Å². The van der Waals surface area contributed by atoms with Crippen molar-refractivity contribution in [3.63, 3.8) is 0 Å². The second-order valence-corrected chi connectivity index (χ2v) is 7.69. The van der Waals surface area contributed by atoms with E-state index in [0.717, 1.165) is 42.8 Å². The molecule has 32 heavy (non-hydrogen) atoms. The van der Waals surface area contributed by atoms with Crippen molar-refractivity contribution in [1.29, 1.82) is 0 Å². The predicted molar refractivity (Wildman–Crippen MR) is 114 cm³/mol. The largest absolute Gasteiger partial charge is 0.497 e. The predicted octanol–water partition coefficient (Wildman–Crippen LogP) is 2.60. The number of amides is 1. The quantitative estimate of drug-likeness (QED) is 0.610. The summed E-state index contributed by atoms with van der Waals surface area (Å²) in [6, 6.07) is 11.0. The van der Waals surface area contributed by atoms with Gasteiger partial charge in [0.2, 0.25) is 0 Å². The van der Waals surface area contributed by atoms with E-state index < -0.39 is 11.6 Å². The molecule has 0 saturated carbocycles. The second-order valence-electron chi connectivity index (χ2n) is 7.69. The SMILES string of the molecule is COc1ccc(C(=O)NCCc2nnc3n2CCN(Cc2ccc(F)c(F)c2)CC3)cc1. The number of nitrogens with one attached hydrogen (secondary N) is 1. The molecule has 1 amide bonds. The molecule has 1 aliphatic heterocycles. The first-order valence-corrected chi connectivity index (χ1v) is 10.5. The maximum Gasteiger partial charge on any atom is 0.251 e. The van der Waals surface area contributed by atoms with Crippen molar-refractivity contribution in [3.05, 3.63) is 76.9 Å². The Morgan fingerprint density at radius 3 is 2.62 bits per heavy atom. The summed E-state index contributed by atoms with van der Waals surface area (Å²) in [7, 11) is 1.58. The third-order valence-electron chi connectivity index (χ3n) is 5.57. The Morgan fingerprint density at radius 2 is 1.88 bits per heavy atom. The summed E-state index contributed by atoms with van der Waals surface area (Å²) in [4.78, 5) is 14.5. The van der Waals surface area contributed by atoms with Gasteiger partial charge in [-0.25, -0.2) is 8.78 Å². The Morgan fingerprint density at radius 1 is 1.06 bits per heavy atom. The number of nitrogens with zero attached hydrogens (tertiary/aromatic N) is 4. The fraction of sp³-hybridized carbons (Fsp3) is 0.348. The summed E-state index contributed by atoms with van der Waals surface area (Å²) in [5.41, 5.74) is 1.31. The van der Waals surface area contributed by atoms with Gasteiger partial charge in [-0.3, -0.25) is 9.69 Å². The number of halogens is 2. The van der Waals surface area contributed by atoms with Crippen LogP contribution in [-0.4, -0.2) is 52.3 Å². The van der Waals surface area contributed by atoms with Crippen LogP contribution in [-0.2, 0) is 25.9 Å². The van der Waals surface area contributed by atoms with Gasteiger partial charge in [-0.1, -0.05) is 6.07 Å². The van der Waals surface area contributed by atoms with E-state index in [1.54, 1.807) is 37.4 Å². The number of carbonyl (C=O) groups is 1. The van der Waals surface area contributed by atoms with Gasteiger partial charge in [0.1, 0.15) is 17.4 Å². The van der Waals surface area contributed by atoms with Crippen molar-refractivity contribution in [2.75, 3.05) is 26.7 Å². The van der Waals surface area contributed by atoms with Crippen LogP contribution in [0.2, 0.25) is 0 Å². The van der Waals surface area contributed by atoms with Gasteiger partial charge in [0.25, 0.3) is 5.91 Å². The van der Waals surface area contributed by atoms with Crippen LogP contribution in [0.4, 0.5) is 8.78 Å². The Hall–Kier alpha value is -3.33. The molecule has 9 heteroatoms. The first kappa shape index (κ1) is 21.9. The fourth-order valence-electron chi connectivity index (χ4n) is 3.80. The lowest BCUT2D eigenvalue weighted by molar-refractivity contribution is 0.0954. The summed E-state index contributed by atoms with van der Waals surface area (Å²) >= 11 is 0. The number of hydrogen-bond donors (Lipinski definition) is 1. The highest BCUT2D eigenvalue weighted by molar-refractivity contribution is 5.94. The smallest absolute Gasteiger partial charge is 0.251 e. The van der Waals surface area contributed by atoms with E-state index >= 15 is 0 Å². The van der Waals surface area contributed by atoms with Gasteiger partial charge < -0.3 is 14.6 Å². The number of fused-ring (bicyclic) bond motifs is 1. The minimum Gasteiger partial charge on any atom is -0.497 e. The van der Waals surface area contributed by atoms with E-state index in [9.17, 15) is 13.6 Å². The molecule has 1 N–H and O–H groups in total. The molecule has 1 aromatic heterocycles. The average molecular weight is 441 g/mol. The van der Waals surface area contributed by atoms with Gasteiger partial charge in [-0.2, -0.15) is 0 Å². The number of ether oxygens (including phenoxy) is 1. The van der Waals surface area contributed by atoms with Crippen LogP contribution in [0.5, 0.6) is 5.75 Å². The summed E-state index contributed by atoms with van der Waals surface area (Å²) < 4.78 is 33.9. The fourth-order valence-corrected chi connectivity index (χ4v) is 3.80. The van der Waals surface area contributed by atoms with Crippen LogP contribution >= 0.6 is 0 Å². The summed E-state index contributed by atoms with van der Waals surface area (Å²) in [5, 5.41) is 11.5. The number of hydrogen-bond acceptors (Lipinski definition) is 5. The van der Waals surface area contributed by atoms with E-state index in [1.807, 2.05) is 0 Å². The minimum atomic E-state index is -0.834. The molecule has 1 aliphatic rings. The number of carbonyl (C=O) groups excluding carboxylic acids is 1. The average Bonchev–Trinajstić information content (AvgIpc) is 3.08. The normalized spacial score (nSPS) is 14.0. The van der Waals surface area contributed by atoms with Crippen molar-refractivity contribution in [2.45, 2.75) is 25.9 Å². The Labute approximate surface area is 185 Å². The molecular formula is C23H25F2N5O2. The number of methoxy groups -OCH3 is 1. The molecule has 0 radical (unpaired) electrons. The van der Waals surface area contributed by atoms with E-state index in [0.29, 0.717) is 37.4 Å². The van der Waals surface area contributed by atoms with E-state index in [4.69, 9.17) is 4.74 Å². The molecule has 2 heterocycles. The lowest BCUT2D eigenvalue weighted by Gasteiger charge is -2.19. The highest BCUT2D eigenvalue weighted by Crippen LogP contribution is 2.15. The third-order valence-corrected chi connectivity index (χ3v) is 5.57.